The molecule has 2 aliphatic rings. The first-order chi connectivity index (χ1) is 15.9. The maximum absolute atomic E-state index is 13.4. The van der Waals surface area contributed by atoms with Gasteiger partial charge in [0.15, 0.2) is 0 Å². The van der Waals surface area contributed by atoms with E-state index in [1.807, 2.05) is 4.90 Å². The molecule has 11 heteroatoms. The van der Waals surface area contributed by atoms with E-state index in [1.165, 1.54) is 18.2 Å². The summed E-state index contributed by atoms with van der Waals surface area (Å²) in [5.41, 5.74) is -0.270. The second-order valence-electron chi connectivity index (χ2n) is 7.97. The number of anilines is 3. The first-order valence-electron chi connectivity index (χ1n) is 10.8. The number of esters is 1. The van der Waals surface area contributed by atoms with Gasteiger partial charge in [-0.2, -0.15) is 4.98 Å². The molecule has 174 valence electrons. The van der Waals surface area contributed by atoms with Gasteiger partial charge in [0.2, 0.25) is 17.8 Å². The zero-order chi connectivity index (χ0) is 23.5. The monoisotopic (exact) mass is 457 g/mol. The van der Waals surface area contributed by atoms with E-state index in [9.17, 15) is 23.6 Å². The fourth-order valence-electron chi connectivity index (χ4n) is 4.12. The molecule has 4 rings (SSSR count). The van der Waals surface area contributed by atoms with E-state index in [1.54, 1.807) is 6.92 Å². The number of piperidine rings is 1. The van der Waals surface area contributed by atoms with Gasteiger partial charge >= 0.3 is 5.97 Å². The highest BCUT2D eigenvalue weighted by molar-refractivity contribution is 6.04. The molecule has 33 heavy (non-hydrogen) atoms. The summed E-state index contributed by atoms with van der Waals surface area (Å²) in [5, 5.41) is 5.12. The third-order valence-electron chi connectivity index (χ3n) is 5.76. The molecule has 2 amide bonds. The Hall–Kier alpha value is -3.76. The van der Waals surface area contributed by atoms with E-state index in [-0.39, 0.29) is 41.3 Å². The first-order valence-corrected chi connectivity index (χ1v) is 10.8. The second-order valence-corrected chi connectivity index (χ2v) is 7.97. The van der Waals surface area contributed by atoms with Crippen molar-refractivity contribution in [1.82, 2.24) is 9.97 Å². The highest BCUT2D eigenvalue weighted by Crippen LogP contribution is 2.31. The molecule has 0 radical (unpaired) electrons. The molecule has 10 nitrogen and oxygen atoms in total. The number of nitrogens with one attached hydrogen (secondary N) is 3. The van der Waals surface area contributed by atoms with Crippen LogP contribution in [-0.4, -0.2) is 47.4 Å². The molecular formula is C22H24FN5O5. The van der Waals surface area contributed by atoms with Crippen molar-refractivity contribution in [3.8, 4) is 0 Å². The Bertz CT molecular complexity index is 1140. The van der Waals surface area contributed by atoms with Gasteiger partial charge in [0.25, 0.3) is 5.56 Å². The number of amides is 2. The minimum Gasteiger partial charge on any atom is -0.466 e. The quantitative estimate of drug-likeness (QED) is 0.583. The Morgan fingerprint density at radius 1 is 1.27 bits per heavy atom. The number of H-pyrrole nitrogens is 1. The molecule has 1 atom stereocenters. The molecule has 0 bridgehead atoms. The molecule has 2 aliphatic heterocycles. The van der Waals surface area contributed by atoms with Crippen LogP contribution in [0.4, 0.5) is 21.8 Å². The lowest BCUT2D eigenvalue weighted by atomic mass is 9.92. The average molecular weight is 457 g/mol. The minimum atomic E-state index is -1.07. The van der Waals surface area contributed by atoms with Crippen molar-refractivity contribution in [3.05, 3.63) is 46.0 Å². The standard InChI is InChI=1S/C22H24FN5O5/c1-2-33-21(32)12-6-8-28(9-7-12)22-26-18-17(20(31)27-22)15(11-16(29)25-18)19(30)24-14-5-3-4-13(23)10-14/h3-5,10,12,15H,2,6-9,11H2,1H3,(H,24,30)(H2,25,26,27,29,31)/t15-/m0/s1. The number of ether oxygens (including phenoxy) is 1. The van der Waals surface area contributed by atoms with Gasteiger partial charge in [0, 0.05) is 25.2 Å². The number of fused-ring (bicyclic) bond motifs is 1. The summed E-state index contributed by atoms with van der Waals surface area (Å²) in [6.45, 7) is 3.03. The van der Waals surface area contributed by atoms with Crippen LogP contribution in [0, 0.1) is 11.7 Å². The Labute approximate surface area is 188 Å². The molecule has 0 spiro atoms. The van der Waals surface area contributed by atoms with Gasteiger partial charge in [-0.25, -0.2) is 4.39 Å². The summed E-state index contributed by atoms with van der Waals surface area (Å²) in [6, 6.07) is 5.34. The van der Waals surface area contributed by atoms with Crippen LogP contribution in [0.15, 0.2) is 29.1 Å². The first kappa shape index (κ1) is 22.4. The molecule has 3 N–H and O–H groups in total. The molecule has 1 aromatic carbocycles. The molecule has 2 aromatic rings. The molecule has 3 heterocycles. The largest absolute Gasteiger partial charge is 0.466 e. The Kier molecular flexibility index (Phi) is 6.38. The van der Waals surface area contributed by atoms with Crippen LogP contribution in [0.25, 0.3) is 0 Å². The molecule has 0 saturated carbocycles. The summed E-state index contributed by atoms with van der Waals surface area (Å²) >= 11 is 0. The number of carbonyl (C=O) groups is 3. The Balaban J connectivity index is 1.54. The summed E-state index contributed by atoms with van der Waals surface area (Å²) in [4.78, 5) is 58.9. The third kappa shape index (κ3) is 4.86. The summed E-state index contributed by atoms with van der Waals surface area (Å²) in [5.74, 6) is -2.81. The lowest BCUT2D eigenvalue weighted by Gasteiger charge is -2.32. The van der Waals surface area contributed by atoms with Crippen LogP contribution in [0.2, 0.25) is 0 Å². The van der Waals surface area contributed by atoms with Crippen LogP contribution in [0.5, 0.6) is 0 Å². The van der Waals surface area contributed by atoms with Gasteiger partial charge < -0.3 is 20.3 Å². The molecular weight excluding hydrogens is 433 g/mol. The van der Waals surface area contributed by atoms with Crippen LogP contribution < -0.4 is 21.1 Å². The predicted molar refractivity (Wildman–Crippen MR) is 117 cm³/mol. The van der Waals surface area contributed by atoms with Gasteiger partial charge in [0.1, 0.15) is 11.6 Å². The second kappa shape index (κ2) is 9.39. The zero-order valence-corrected chi connectivity index (χ0v) is 18.0. The van der Waals surface area contributed by atoms with Crippen molar-refractivity contribution in [2.24, 2.45) is 5.92 Å². The average Bonchev–Trinajstić information content (AvgIpc) is 2.78. The summed E-state index contributed by atoms with van der Waals surface area (Å²) < 4.78 is 18.5. The van der Waals surface area contributed by atoms with E-state index in [0.29, 0.717) is 32.5 Å². The molecule has 1 saturated heterocycles. The summed E-state index contributed by atoms with van der Waals surface area (Å²) in [6.07, 6.45) is 0.860. The van der Waals surface area contributed by atoms with Gasteiger partial charge in [-0.3, -0.25) is 24.2 Å². The third-order valence-corrected chi connectivity index (χ3v) is 5.76. The van der Waals surface area contributed by atoms with E-state index >= 15 is 0 Å². The van der Waals surface area contributed by atoms with E-state index < -0.39 is 29.1 Å². The number of hydrogen-bond acceptors (Lipinski definition) is 7. The Morgan fingerprint density at radius 2 is 2.03 bits per heavy atom. The number of hydrogen-bond donors (Lipinski definition) is 3. The molecule has 0 aliphatic carbocycles. The lowest BCUT2D eigenvalue weighted by Crippen LogP contribution is -2.41. The normalized spacial score (nSPS) is 18.3. The van der Waals surface area contributed by atoms with Gasteiger partial charge in [-0.1, -0.05) is 6.07 Å². The minimum absolute atomic E-state index is 0.0249. The maximum atomic E-state index is 13.4. The number of nitrogens with zero attached hydrogens (tertiary/aromatic N) is 2. The SMILES string of the molecule is CCOC(=O)C1CCN(c2nc3c(c(=O)[nH]2)[C@@H](C(=O)Nc2cccc(F)c2)CC(=O)N3)CC1. The molecule has 1 aromatic heterocycles. The van der Waals surface area contributed by atoms with Crippen molar-refractivity contribution < 1.29 is 23.5 Å². The zero-order valence-electron chi connectivity index (χ0n) is 18.0. The maximum Gasteiger partial charge on any atom is 0.309 e. The number of carbonyl (C=O) groups excluding carboxylic acids is 3. The topological polar surface area (TPSA) is 133 Å². The fraction of sp³-hybridized carbons (Fsp3) is 0.409. The van der Waals surface area contributed by atoms with E-state index in [0.717, 1.165) is 6.07 Å². The fourth-order valence-corrected chi connectivity index (χ4v) is 4.12. The smallest absolute Gasteiger partial charge is 0.309 e. The van der Waals surface area contributed by atoms with Crippen molar-refractivity contribution in [2.45, 2.75) is 32.1 Å². The van der Waals surface area contributed by atoms with Crippen LogP contribution in [0.3, 0.4) is 0 Å². The van der Waals surface area contributed by atoms with Crippen molar-refractivity contribution in [2.75, 3.05) is 35.2 Å². The lowest BCUT2D eigenvalue weighted by molar-refractivity contribution is -0.148. The van der Waals surface area contributed by atoms with E-state index in [4.69, 9.17) is 4.74 Å². The number of aromatic amines is 1. The van der Waals surface area contributed by atoms with Crippen LogP contribution in [0.1, 0.15) is 37.7 Å². The highest BCUT2D eigenvalue weighted by Gasteiger charge is 2.36. The summed E-state index contributed by atoms with van der Waals surface area (Å²) in [7, 11) is 0. The Morgan fingerprint density at radius 3 is 2.73 bits per heavy atom. The number of rotatable bonds is 5. The van der Waals surface area contributed by atoms with Crippen molar-refractivity contribution in [1.29, 1.82) is 0 Å². The molecule has 0 unspecified atom stereocenters. The van der Waals surface area contributed by atoms with Crippen molar-refractivity contribution in [3.63, 3.8) is 0 Å². The molecule has 1 fully saturated rings. The van der Waals surface area contributed by atoms with Crippen LogP contribution >= 0.6 is 0 Å². The number of halogens is 1. The van der Waals surface area contributed by atoms with Gasteiger partial charge in [0.05, 0.1) is 24.0 Å². The van der Waals surface area contributed by atoms with Crippen molar-refractivity contribution >= 4 is 35.2 Å². The number of aromatic nitrogens is 2. The van der Waals surface area contributed by atoms with E-state index in [2.05, 4.69) is 20.6 Å². The highest BCUT2D eigenvalue weighted by atomic mass is 19.1. The van der Waals surface area contributed by atoms with Gasteiger partial charge in [-0.05, 0) is 38.0 Å². The number of benzene rings is 1. The predicted octanol–water partition coefficient (Wildman–Crippen LogP) is 1.75. The van der Waals surface area contributed by atoms with Gasteiger partial charge in [-0.15, -0.1) is 0 Å². The van der Waals surface area contributed by atoms with Crippen LogP contribution in [-0.2, 0) is 19.1 Å².